The van der Waals surface area contributed by atoms with Crippen LogP contribution in [0.5, 0.6) is 0 Å². The van der Waals surface area contributed by atoms with Crippen molar-refractivity contribution in [2.75, 3.05) is 6.26 Å². The average molecular weight is 342 g/mol. The number of sulfone groups is 1. The molecule has 1 aromatic carbocycles. The first-order valence-corrected chi connectivity index (χ1v) is 8.10. The molecule has 1 aromatic rings. The minimum absolute atomic E-state index is 0.250. The van der Waals surface area contributed by atoms with E-state index in [0.29, 0.717) is 10.6 Å². The van der Waals surface area contributed by atoms with Crippen molar-refractivity contribution >= 4 is 37.4 Å². The van der Waals surface area contributed by atoms with Crippen LogP contribution >= 0.6 is 27.5 Å². The van der Waals surface area contributed by atoms with Crippen LogP contribution in [0.25, 0.3) is 0 Å². The number of benzene rings is 1. The van der Waals surface area contributed by atoms with Crippen LogP contribution in [-0.2, 0) is 9.84 Å². The van der Waals surface area contributed by atoms with Crippen molar-refractivity contribution < 1.29 is 13.5 Å². The average Bonchev–Trinajstić information content (AvgIpc) is 2.25. The number of aliphatic hydroxyl groups excluding tert-OH is 1. The Balaban J connectivity index is 3.24. The van der Waals surface area contributed by atoms with Crippen molar-refractivity contribution in [2.24, 2.45) is 0 Å². The Morgan fingerprint density at radius 1 is 1.53 bits per heavy atom. The molecule has 0 aliphatic rings. The lowest BCUT2D eigenvalue weighted by molar-refractivity contribution is 0.160. The van der Waals surface area contributed by atoms with E-state index >= 15 is 0 Å². The van der Waals surface area contributed by atoms with Gasteiger partial charge in [0, 0.05) is 11.3 Å². The first-order chi connectivity index (χ1) is 7.72. The summed E-state index contributed by atoms with van der Waals surface area (Å²) in [7, 11) is -3.45. The highest BCUT2D eigenvalue weighted by atomic mass is 79.9. The Bertz CT molecular complexity index is 503. The van der Waals surface area contributed by atoms with Gasteiger partial charge in [0.2, 0.25) is 0 Å². The van der Waals surface area contributed by atoms with Gasteiger partial charge < -0.3 is 5.11 Å². The molecular weight excluding hydrogens is 328 g/mol. The maximum Gasteiger partial charge on any atom is 0.166 e. The molecule has 1 rings (SSSR count). The number of hydrogen-bond donors (Lipinski definition) is 1. The molecular formula is C11H14BrClO3S. The van der Waals surface area contributed by atoms with E-state index in [2.05, 4.69) is 15.9 Å². The molecule has 0 aromatic heterocycles. The molecule has 1 N–H and O–H groups in total. The SMILES string of the molecule is CC[C@@](Br)([C@@H](O)c1cccc(Cl)c1)S(C)(=O)=O. The van der Waals surface area contributed by atoms with Gasteiger partial charge in [-0.3, -0.25) is 0 Å². The predicted molar refractivity (Wildman–Crippen MR) is 73.2 cm³/mol. The fourth-order valence-electron chi connectivity index (χ4n) is 1.58. The molecule has 96 valence electrons. The van der Waals surface area contributed by atoms with Crippen LogP contribution in [0.3, 0.4) is 0 Å². The topological polar surface area (TPSA) is 54.4 Å². The third-order valence-corrected chi connectivity index (χ3v) is 7.41. The summed E-state index contributed by atoms with van der Waals surface area (Å²) in [5.74, 6) is 0. The summed E-state index contributed by atoms with van der Waals surface area (Å²) in [6.07, 6.45) is 0.180. The van der Waals surface area contributed by atoms with Crippen LogP contribution in [0.1, 0.15) is 25.0 Å². The van der Waals surface area contributed by atoms with Crippen molar-refractivity contribution in [2.45, 2.75) is 23.1 Å². The molecule has 0 saturated carbocycles. The summed E-state index contributed by atoms with van der Waals surface area (Å²) in [4.78, 5) is 0. The maximum absolute atomic E-state index is 11.7. The molecule has 17 heavy (non-hydrogen) atoms. The van der Waals surface area contributed by atoms with E-state index in [4.69, 9.17) is 11.6 Å². The second-order valence-corrected chi connectivity index (χ2v) is 8.52. The first-order valence-electron chi connectivity index (χ1n) is 5.04. The van der Waals surface area contributed by atoms with Crippen molar-refractivity contribution in [3.05, 3.63) is 34.9 Å². The number of hydrogen-bond acceptors (Lipinski definition) is 3. The highest BCUT2D eigenvalue weighted by molar-refractivity contribution is 9.11. The first kappa shape index (κ1) is 15.0. The van der Waals surface area contributed by atoms with Gasteiger partial charge >= 0.3 is 0 Å². The van der Waals surface area contributed by atoms with Crippen LogP contribution in [0, 0.1) is 0 Å². The number of aliphatic hydroxyl groups is 1. The third-order valence-electron chi connectivity index (χ3n) is 2.67. The highest BCUT2D eigenvalue weighted by Crippen LogP contribution is 2.41. The van der Waals surface area contributed by atoms with Crippen molar-refractivity contribution in [3.8, 4) is 0 Å². The summed E-state index contributed by atoms with van der Waals surface area (Å²) in [5.41, 5.74) is 0.474. The molecule has 2 atom stereocenters. The molecule has 0 saturated heterocycles. The smallest absolute Gasteiger partial charge is 0.166 e. The molecule has 0 spiro atoms. The van der Waals surface area contributed by atoms with Crippen LogP contribution in [0.15, 0.2) is 24.3 Å². The van der Waals surface area contributed by atoms with E-state index < -0.39 is 19.6 Å². The number of halogens is 2. The number of alkyl halides is 1. The van der Waals surface area contributed by atoms with Crippen molar-refractivity contribution in [1.82, 2.24) is 0 Å². The maximum atomic E-state index is 11.7. The minimum atomic E-state index is -3.45. The third kappa shape index (κ3) is 3.02. The number of rotatable bonds is 4. The Labute approximate surface area is 115 Å². The molecule has 3 nitrogen and oxygen atoms in total. The zero-order valence-corrected chi connectivity index (χ0v) is 12.7. The van der Waals surface area contributed by atoms with Gasteiger partial charge in [-0.2, -0.15) is 0 Å². The van der Waals surface area contributed by atoms with Gasteiger partial charge in [-0.15, -0.1) is 0 Å². The molecule has 0 bridgehead atoms. The predicted octanol–water partition coefficient (Wildman–Crippen LogP) is 2.92. The lowest BCUT2D eigenvalue weighted by atomic mass is 10.1. The molecule has 0 fully saturated rings. The fourth-order valence-corrected chi connectivity index (χ4v) is 3.11. The molecule has 0 aliphatic heterocycles. The molecule has 0 heterocycles. The summed E-state index contributed by atoms with van der Waals surface area (Å²) in [5, 5.41) is 10.7. The molecule has 0 aliphatic carbocycles. The van der Waals surface area contributed by atoms with Crippen LogP contribution in [-0.4, -0.2) is 23.4 Å². The zero-order valence-electron chi connectivity index (χ0n) is 9.52. The highest BCUT2D eigenvalue weighted by Gasteiger charge is 2.44. The standard InChI is InChI=1S/C11H14BrClO3S/c1-3-11(12,17(2,15)16)10(14)8-5-4-6-9(13)7-8/h4-7,10,14H,3H2,1-2H3/t10-,11-/m0/s1. The van der Waals surface area contributed by atoms with Gasteiger partial charge in [0.25, 0.3) is 0 Å². The normalized spacial score (nSPS) is 17.5. The second kappa shape index (κ2) is 5.26. The van der Waals surface area contributed by atoms with Gasteiger partial charge in [-0.25, -0.2) is 8.42 Å². The Morgan fingerprint density at radius 2 is 2.12 bits per heavy atom. The summed E-state index contributed by atoms with van der Waals surface area (Å²) in [6.45, 7) is 1.70. The largest absolute Gasteiger partial charge is 0.386 e. The van der Waals surface area contributed by atoms with E-state index in [1.54, 1.807) is 31.2 Å². The summed E-state index contributed by atoms with van der Waals surface area (Å²) >= 11 is 8.97. The monoisotopic (exact) mass is 340 g/mol. The van der Waals surface area contributed by atoms with E-state index in [1.807, 2.05) is 0 Å². The fraction of sp³-hybridized carbons (Fsp3) is 0.455. The molecule has 0 unspecified atom stereocenters. The van der Waals surface area contributed by atoms with E-state index in [9.17, 15) is 13.5 Å². The zero-order chi connectivity index (χ0) is 13.3. The van der Waals surface area contributed by atoms with E-state index in [0.717, 1.165) is 6.26 Å². The van der Waals surface area contributed by atoms with Crippen LogP contribution in [0.2, 0.25) is 5.02 Å². The quantitative estimate of drug-likeness (QED) is 0.857. The van der Waals surface area contributed by atoms with E-state index in [1.165, 1.54) is 0 Å². The molecule has 6 heteroatoms. The molecule has 0 amide bonds. The van der Waals surface area contributed by atoms with Gasteiger partial charge in [0.05, 0.1) is 0 Å². The Kier molecular flexibility index (Phi) is 4.63. The van der Waals surface area contributed by atoms with Crippen LogP contribution in [0.4, 0.5) is 0 Å². The van der Waals surface area contributed by atoms with Gasteiger partial charge in [-0.05, 0) is 24.1 Å². The second-order valence-electron chi connectivity index (χ2n) is 3.87. The van der Waals surface area contributed by atoms with Gasteiger partial charge in [0.15, 0.2) is 13.5 Å². The Hall–Kier alpha value is -0.100. The van der Waals surface area contributed by atoms with Crippen molar-refractivity contribution in [3.63, 3.8) is 0 Å². The Morgan fingerprint density at radius 3 is 2.53 bits per heavy atom. The summed E-state index contributed by atoms with van der Waals surface area (Å²) < 4.78 is 22.1. The van der Waals surface area contributed by atoms with Crippen molar-refractivity contribution in [1.29, 1.82) is 0 Å². The lowest BCUT2D eigenvalue weighted by Crippen LogP contribution is -2.37. The van der Waals surface area contributed by atoms with Gasteiger partial charge in [0.1, 0.15) is 6.10 Å². The lowest BCUT2D eigenvalue weighted by Gasteiger charge is -2.30. The van der Waals surface area contributed by atoms with Crippen LogP contribution < -0.4 is 0 Å². The van der Waals surface area contributed by atoms with Gasteiger partial charge in [-0.1, -0.05) is 46.6 Å². The van der Waals surface area contributed by atoms with E-state index in [-0.39, 0.29) is 6.42 Å². The minimum Gasteiger partial charge on any atom is -0.386 e. The molecule has 0 radical (unpaired) electrons. The summed E-state index contributed by atoms with van der Waals surface area (Å²) in [6, 6.07) is 6.54.